The van der Waals surface area contributed by atoms with Gasteiger partial charge < -0.3 is 19.1 Å². The minimum absolute atomic E-state index is 0.0249. The molecular formula is C21H24N2O6S. The molecule has 1 saturated heterocycles. The van der Waals surface area contributed by atoms with Crippen molar-refractivity contribution in [3.05, 3.63) is 47.5 Å². The summed E-state index contributed by atoms with van der Waals surface area (Å²) in [6.07, 6.45) is -0.758. The van der Waals surface area contributed by atoms with E-state index in [1.165, 1.54) is 18.2 Å². The molecule has 2 aromatic carbocycles. The average Bonchev–Trinajstić information content (AvgIpc) is 2.76. The first kappa shape index (κ1) is 20.5. The number of morpholine rings is 1. The zero-order valence-electron chi connectivity index (χ0n) is 16.9. The predicted octanol–water partition coefficient (Wildman–Crippen LogP) is 2.10. The van der Waals surface area contributed by atoms with E-state index in [9.17, 15) is 13.2 Å². The topological polar surface area (TPSA) is 94.2 Å². The first-order chi connectivity index (χ1) is 14.3. The largest absolute Gasteiger partial charge is 0.485 e. The number of sulfonamides is 1. The molecule has 0 aromatic heterocycles. The van der Waals surface area contributed by atoms with Crippen LogP contribution in [0.4, 0.5) is 5.69 Å². The third kappa shape index (κ3) is 4.08. The second-order valence-electron chi connectivity index (χ2n) is 7.32. The van der Waals surface area contributed by atoms with Gasteiger partial charge in [0.2, 0.25) is 6.10 Å². The number of carbonyl (C=O) groups excluding carboxylic acids is 1. The first-order valence-electron chi connectivity index (χ1n) is 9.74. The summed E-state index contributed by atoms with van der Waals surface area (Å²) in [6.45, 7) is 5.86. The third-order valence-electron chi connectivity index (χ3n) is 5.33. The number of rotatable bonds is 4. The van der Waals surface area contributed by atoms with Crippen LogP contribution in [-0.4, -0.2) is 58.2 Å². The number of ether oxygens (including phenoxy) is 3. The highest BCUT2D eigenvalue weighted by atomic mass is 32.2. The second kappa shape index (κ2) is 8.16. The van der Waals surface area contributed by atoms with Crippen LogP contribution in [0.25, 0.3) is 0 Å². The molecule has 2 aromatic rings. The van der Waals surface area contributed by atoms with E-state index in [0.717, 1.165) is 11.1 Å². The van der Waals surface area contributed by atoms with Crippen LogP contribution in [-0.2, 0) is 19.6 Å². The van der Waals surface area contributed by atoms with E-state index in [4.69, 9.17) is 14.2 Å². The molecule has 8 nitrogen and oxygen atoms in total. The highest BCUT2D eigenvalue weighted by Crippen LogP contribution is 2.35. The standard InChI is InChI=1S/C21H24N2O6S/c1-14-4-3-5-17(15(14)2)22-30(25,26)16-6-7-18-19(12-16)28-13-20(29-18)21(24)23-8-10-27-11-9-23/h3-7,12,20,22H,8-11,13H2,1-2H3/t20-/m0/s1. The van der Waals surface area contributed by atoms with E-state index in [0.29, 0.717) is 43.5 Å². The number of benzene rings is 2. The molecular weight excluding hydrogens is 408 g/mol. The zero-order valence-corrected chi connectivity index (χ0v) is 17.7. The Kier molecular flexibility index (Phi) is 5.57. The van der Waals surface area contributed by atoms with Gasteiger partial charge >= 0.3 is 0 Å². The first-order valence-corrected chi connectivity index (χ1v) is 11.2. The van der Waals surface area contributed by atoms with Gasteiger partial charge in [0, 0.05) is 19.2 Å². The van der Waals surface area contributed by atoms with Crippen LogP contribution in [0.5, 0.6) is 11.5 Å². The molecule has 2 aliphatic rings. The van der Waals surface area contributed by atoms with Crippen LogP contribution in [0, 0.1) is 13.8 Å². The van der Waals surface area contributed by atoms with Crippen molar-refractivity contribution >= 4 is 21.6 Å². The number of amides is 1. The Balaban J connectivity index is 1.51. The summed E-state index contributed by atoms with van der Waals surface area (Å²) in [4.78, 5) is 14.4. The predicted molar refractivity (Wildman–Crippen MR) is 110 cm³/mol. The van der Waals surface area contributed by atoms with Crippen LogP contribution in [0.15, 0.2) is 41.3 Å². The summed E-state index contributed by atoms with van der Waals surface area (Å²) >= 11 is 0. The van der Waals surface area contributed by atoms with Crippen LogP contribution < -0.4 is 14.2 Å². The van der Waals surface area contributed by atoms with Gasteiger partial charge in [-0.2, -0.15) is 0 Å². The minimum atomic E-state index is -3.81. The fourth-order valence-electron chi connectivity index (χ4n) is 3.39. The molecule has 1 N–H and O–H groups in total. The highest BCUT2D eigenvalue weighted by molar-refractivity contribution is 7.92. The Hall–Kier alpha value is -2.78. The molecule has 1 fully saturated rings. The quantitative estimate of drug-likeness (QED) is 0.795. The van der Waals surface area contributed by atoms with E-state index < -0.39 is 16.1 Å². The van der Waals surface area contributed by atoms with Gasteiger partial charge in [-0.3, -0.25) is 9.52 Å². The SMILES string of the molecule is Cc1cccc(NS(=O)(=O)c2ccc3c(c2)OC[C@@H](C(=O)N2CCOCC2)O3)c1C. The van der Waals surface area contributed by atoms with Crippen LogP contribution in [0.2, 0.25) is 0 Å². The number of anilines is 1. The number of carbonyl (C=O) groups is 1. The van der Waals surface area contributed by atoms with Gasteiger partial charge in [0.05, 0.1) is 23.8 Å². The van der Waals surface area contributed by atoms with Crippen molar-refractivity contribution in [3.8, 4) is 11.5 Å². The van der Waals surface area contributed by atoms with Crippen molar-refractivity contribution in [3.63, 3.8) is 0 Å². The summed E-state index contributed by atoms with van der Waals surface area (Å²) in [5.74, 6) is 0.487. The van der Waals surface area contributed by atoms with Gasteiger partial charge in [-0.15, -0.1) is 0 Å². The molecule has 9 heteroatoms. The Bertz CT molecular complexity index is 1060. The van der Waals surface area contributed by atoms with Gasteiger partial charge in [-0.25, -0.2) is 8.42 Å². The van der Waals surface area contributed by atoms with Crippen LogP contribution in [0.1, 0.15) is 11.1 Å². The van der Waals surface area contributed by atoms with E-state index in [1.54, 1.807) is 17.0 Å². The molecule has 1 atom stereocenters. The number of aryl methyl sites for hydroxylation is 1. The summed E-state index contributed by atoms with van der Waals surface area (Å²) in [5.41, 5.74) is 2.39. The molecule has 2 aliphatic heterocycles. The Morgan fingerprint density at radius 1 is 1.10 bits per heavy atom. The van der Waals surface area contributed by atoms with Crippen molar-refractivity contribution in [1.82, 2.24) is 4.90 Å². The van der Waals surface area contributed by atoms with Crippen molar-refractivity contribution in [2.75, 3.05) is 37.6 Å². The maximum atomic E-state index is 12.8. The lowest BCUT2D eigenvalue weighted by atomic mass is 10.1. The van der Waals surface area contributed by atoms with Crippen molar-refractivity contribution in [2.45, 2.75) is 24.8 Å². The monoisotopic (exact) mass is 432 g/mol. The normalized spacial score (nSPS) is 18.7. The van der Waals surface area contributed by atoms with Crippen molar-refractivity contribution < 1.29 is 27.4 Å². The lowest BCUT2D eigenvalue weighted by Gasteiger charge is -2.32. The molecule has 1 amide bonds. The fourth-order valence-corrected chi connectivity index (χ4v) is 4.53. The van der Waals surface area contributed by atoms with Crippen LogP contribution >= 0.6 is 0 Å². The summed E-state index contributed by atoms with van der Waals surface area (Å²) in [6, 6.07) is 9.82. The summed E-state index contributed by atoms with van der Waals surface area (Å²) < 4.78 is 45.1. The second-order valence-corrected chi connectivity index (χ2v) is 9.00. The smallest absolute Gasteiger partial charge is 0.267 e. The number of fused-ring (bicyclic) bond motifs is 1. The number of nitrogens with one attached hydrogen (secondary N) is 1. The third-order valence-corrected chi connectivity index (χ3v) is 6.70. The van der Waals surface area contributed by atoms with E-state index >= 15 is 0 Å². The number of nitrogens with zero attached hydrogens (tertiary/aromatic N) is 1. The average molecular weight is 432 g/mol. The summed E-state index contributed by atoms with van der Waals surface area (Å²) in [7, 11) is -3.81. The zero-order chi connectivity index (χ0) is 21.3. The van der Waals surface area contributed by atoms with Gasteiger partial charge in [0.15, 0.2) is 11.5 Å². The van der Waals surface area contributed by atoms with Gasteiger partial charge in [-0.1, -0.05) is 12.1 Å². The maximum Gasteiger partial charge on any atom is 0.267 e. The van der Waals surface area contributed by atoms with Gasteiger partial charge in [-0.05, 0) is 43.2 Å². The van der Waals surface area contributed by atoms with Crippen molar-refractivity contribution in [2.24, 2.45) is 0 Å². The Morgan fingerprint density at radius 2 is 1.87 bits per heavy atom. The maximum absolute atomic E-state index is 12.8. The lowest BCUT2D eigenvalue weighted by molar-refractivity contribution is -0.145. The molecule has 4 rings (SSSR count). The molecule has 2 heterocycles. The molecule has 160 valence electrons. The fraction of sp³-hybridized carbons (Fsp3) is 0.381. The van der Waals surface area contributed by atoms with Crippen LogP contribution in [0.3, 0.4) is 0 Å². The highest BCUT2D eigenvalue weighted by Gasteiger charge is 2.32. The van der Waals surface area contributed by atoms with Gasteiger partial charge in [0.25, 0.3) is 15.9 Å². The lowest BCUT2D eigenvalue weighted by Crippen LogP contribution is -2.50. The molecule has 30 heavy (non-hydrogen) atoms. The number of hydrogen-bond acceptors (Lipinski definition) is 6. The minimum Gasteiger partial charge on any atom is -0.485 e. The molecule has 0 saturated carbocycles. The van der Waals surface area contributed by atoms with E-state index in [2.05, 4.69) is 4.72 Å². The molecule has 0 unspecified atom stereocenters. The Labute approximate surface area is 175 Å². The molecule has 0 radical (unpaired) electrons. The molecule has 0 bridgehead atoms. The number of hydrogen-bond donors (Lipinski definition) is 1. The Morgan fingerprint density at radius 3 is 2.63 bits per heavy atom. The molecule has 0 aliphatic carbocycles. The molecule has 0 spiro atoms. The van der Waals surface area contributed by atoms with E-state index in [1.807, 2.05) is 19.9 Å². The van der Waals surface area contributed by atoms with E-state index in [-0.39, 0.29) is 17.4 Å². The van der Waals surface area contributed by atoms with Gasteiger partial charge in [0.1, 0.15) is 6.61 Å². The van der Waals surface area contributed by atoms with Crippen molar-refractivity contribution in [1.29, 1.82) is 0 Å². The summed E-state index contributed by atoms with van der Waals surface area (Å²) in [5, 5.41) is 0.